The van der Waals surface area contributed by atoms with Crippen molar-refractivity contribution in [1.82, 2.24) is 19.8 Å². The molecule has 1 saturated heterocycles. The summed E-state index contributed by atoms with van der Waals surface area (Å²) in [5.41, 5.74) is 3.59. The van der Waals surface area contributed by atoms with E-state index in [2.05, 4.69) is 4.90 Å². The van der Waals surface area contributed by atoms with Crippen molar-refractivity contribution in [2.45, 2.75) is 32.6 Å². The molecule has 2 fully saturated rings. The first-order valence-corrected chi connectivity index (χ1v) is 13.2. The highest BCUT2D eigenvalue weighted by atomic mass is 16.2. The summed E-state index contributed by atoms with van der Waals surface area (Å²) in [6.45, 7) is 4.96. The second-order valence-corrected chi connectivity index (χ2v) is 10.4. The maximum Gasteiger partial charge on any atom is 0.261 e. The summed E-state index contributed by atoms with van der Waals surface area (Å²) in [6.07, 6.45) is 3.68. The third kappa shape index (κ3) is 4.24. The molecule has 190 valence electrons. The fourth-order valence-corrected chi connectivity index (χ4v) is 6.14. The highest BCUT2D eigenvalue weighted by Gasteiger charge is 2.41. The molecule has 2 aromatic carbocycles. The van der Waals surface area contributed by atoms with Crippen molar-refractivity contribution in [3.05, 3.63) is 65.4 Å². The number of anilines is 1. The first kappa shape index (κ1) is 23.6. The van der Waals surface area contributed by atoms with Crippen molar-refractivity contribution in [2.75, 3.05) is 37.6 Å². The van der Waals surface area contributed by atoms with Crippen LogP contribution in [0.3, 0.4) is 0 Å². The predicted molar refractivity (Wildman–Crippen MR) is 140 cm³/mol. The Bertz CT molecular complexity index is 1350. The lowest BCUT2D eigenvalue weighted by atomic mass is 9.78. The lowest BCUT2D eigenvalue weighted by molar-refractivity contribution is -0.139. The number of hydrogen-bond acceptors (Lipinski definition) is 6. The molecule has 0 N–H and O–H groups in total. The van der Waals surface area contributed by atoms with Gasteiger partial charge in [-0.25, -0.2) is 9.97 Å². The number of amides is 3. The van der Waals surface area contributed by atoms with Gasteiger partial charge in [0.2, 0.25) is 5.91 Å². The third-order valence-corrected chi connectivity index (χ3v) is 8.13. The van der Waals surface area contributed by atoms with Crippen LogP contribution < -0.4 is 4.90 Å². The smallest absolute Gasteiger partial charge is 0.261 e. The van der Waals surface area contributed by atoms with E-state index in [9.17, 15) is 14.4 Å². The van der Waals surface area contributed by atoms with E-state index < -0.39 is 0 Å². The first-order chi connectivity index (χ1) is 18.0. The van der Waals surface area contributed by atoms with E-state index in [0.717, 1.165) is 48.2 Å². The van der Waals surface area contributed by atoms with Gasteiger partial charge >= 0.3 is 0 Å². The number of hydrogen-bond donors (Lipinski definition) is 0. The summed E-state index contributed by atoms with van der Waals surface area (Å²) in [7, 11) is 0. The second-order valence-electron chi connectivity index (χ2n) is 10.4. The van der Waals surface area contributed by atoms with Crippen LogP contribution in [0.25, 0.3) is 11.0 Å². The molecular formula is C29H31N5O3. The Hall–Kier alpha value is -3.81. The molecule has 8 heteroatoms. The van der Waals surface area contributed by atoms with Gasteiger partial charge in [0.1, 0.15) is 0 Å². The minimum Gasteiger partial charge on any atom is -0.352 e. The highest BCUT2D eigenvalue weighted by Crippen LogP contribution is 2.35. The molecule has 0 bridgehead atoms. The van der Waals surface area contributed by atoms with Gasteiger partial charge in [-0.15, -0.1) is 0 Å². The van der Waals surface area contributed by atoms with Crippen molar-refractivity contribution in [1.29, 1.82) is 0 Å². The molecule has 3 amide bonds. The van der Waals surface area contributed by atoms with Gasteiger partial charge < -0.3 is 9.80 Å². The van der Waals surface area contributed by atoms with Crippen LogP contribution in [0.2, 0.25) is 0 Å². The third-order valence-electron chi connectivity index (χ3n) is 8.13. The molecule has 8 nitrogen and oxygen atoms in total. The zero-order valence-electron chi connectivity index (χ0n) is 21.1. The molecule has 1 aliphatic carbocycles. The van der Waals surface area contributed by atoms with Gasteiger partial charge in [0.05, 0.1) is 27.9 Å². The minimum atomic E-state index is -0.238. The van der Waals surface area contributed by atoms with E-state index in [4.69, 9.17) is 9.97 Å². The maximum absolute atomic E-state index is 13.7. The van der Waals surface area contributed by atoms with Crippen LogP contribution in [0.1, 0.15) is 52.1 Å². The molecule has 2 aliphatic heterocycles. The zero-order valence-corrected chi connectivity index (χ0v) is 21.1. The van der Waals surface area contributed by atoms with Crippen LogP contribution in [0, 0.1) is 18.8 Å². The molecule has 0 spiro atoms. The molecule has 2 unspecified atom stereocenters. The van der Waals surface area contributed by atoms with Gasteiger partial charge in [0.25, 0.3) is 11.8 Å². The fraction of sp³-hybridized carbons (Fsp3) is 0.414. The number of aryl methyl sites for hydroxylation is 1. The van der Waals surface area contributed by atoms with Crippen LogP contribution in [-0.4, -0.2) is 70.2 Å². The number of imide groups is 1. The number of fused-ring (bicyclic) bond motifs is 2. The lowest BCUT2D eigenvalue weighted by Gasteiger charge is -2.40. The topological polar surface area (TPSA) is 86.7 Å². The largest absolute Gasteiger partial charge is 0.352 e. The summed E-state index contributed by atoms with van der Waals surface area (Å²) >= 11 is 0. The van der Waals surface area contributed by atoms with Gasteiger partial charge in [0, 0.05) is 38.6 Å². The second kappa shape index (κ2) is 9.57. The standard InChI is InChI=1S/C29H31N5O3/c1-19-26(31-25-13-7-6-12-24(25)30-19)32-14-16-33(17-15-32)27(35)21-9-3-2-8-20(21)18-34-28(36)22-10-4-5-11-23(22)29(34)37/h4-7,10-13,20-21H,2-3,8-9,14-18H2,1H3. The number of carbonyl (C=O) groups excluding carboxylic acids is 3. The van der Waals surface area contributed by atoms with E-state index in [1.165, 1.54) is 4.90 Å². The van der Waals surface area contributed by atoms with Crippen LogP contribution in [-0.2, 0) is 4.79 Å². The number of piperazine rings is 1. The average Bonchev–Trinajstić information content (AvgIpc) is 3.17. The number of rotatable bonds is 4. The quantitative estimate of drug-likeness (QED) is 0.511. The molecule has 37 heavy (non-hydrogen) atoms. The van der Waals surface area contributed by atoms with Crippen molar-refractivity contribution in [2.24, 2.45) is 11.8 Å². The molecule has 1 saturated carbocycles. The molecule has 3 aromatic rings. The van der Waals surface area contributed by atoms with Gasteiger partial charge in [-0.3, -0.25) is 19.3 Å². The van der Waals surface area contributed by atoms with Crippen LogP contribution in [0.15, 0.2) is 48.5 Å². The Kier molecular flexibility index (Phi) is 6.10. The normalized spacial score (nSPS) is 22.0. The maximum atomic E-state index is 13.7. The Morgan fingerprint density at radius 3 is 2.11 bits per heavy atom. The zero-order chi connectivity index (χ0) is 25.5. The Labute approximate surface area is 216 Å². The number of para-hydroxylation sites is 2. The van der Waals surface area contributed by atoms with Crippen LogP contribution in [0.4, 0.5) is 5.82 Å². The van der Waals surface area contributed by atoms with E-state index in [-0.39, 0.29) is 29.6 Å². The Morgan fingerprint density at radius 1 is 0.838 bits per heavy atom. The van der Waals surface area contributed by atoms with Crippen molar-refractivity contribution >= 4 is 34.6 Å². The summed E-state index contributed by atoms with van der Waals surface area (Å²) in [5.74, 6) is 0.395. The van der Waals surface area contributed by atoms with Crippen molar-refractivity contribution in [3.8, 4) is 0 Å². The predicted octanol–water partition coefficient (Wildman–Crippen LogP) is 3.69. The van der Waals surface area contributed by atoms with Crippen LogP contribution in [0.5, 0.6) is 0 Å². The number of aromatic nitrogens is 2. The molecule has 2 atom stereocenters. The summed E-state index contributed by atoms with van der Waals surface area (Å²) < 4.78 is 0. The van der Waals surface area contributed by atoms with Crippen molar-refractivity contribution in [3.63, 3.8) is 0 Å². The fourth-order valence-electron chi connectivity index (χ4n) is 6.14. The minimum absolute atomic E-state index is 0.00455. The number of nitrogens with zero attached hydrogens (tertiary/aromatic N) is 5. The highest BCUT2D eigenvalue weighted by molar-refractivity contribution is 6.21. The Balaban J connectivity index is 1.13. The van der Waals surface area contributed by atoms with Crippen molar-refractivity contribution < 1.29 is 14.4 Å². The molecule has 3 heterocycles. The molecular weight excluding hydrogens is 466 g/mol. The van der Waals surface area contributed by atoms with E-state index in [1.807, 2.05) is 36.1 Å². The lowest BCUT2D eigenvalue weighted by Crippen LogP contribution is -2.52. The van der Waals surface area contributed by atoms with Gasteiger partial charge in [0.15, 0.2) is 5.82 Å². The summed E-state index contributed by atoms with van der Waals surface area (Å²) in [6, 6.07) is 14.9. The molecule has 1 aromatic heterocycles. The van der Waals surface area contributed by atoms with E-state index in [0.29, 0.717) is 43.9 Å². The monoisotopic (exact) mass is 497 g/mol. The molecule has 0 radical (unpaired) electrons. The van der Waals surface area contributed by atoms with Gasteiger partial charge in [-0.05, 0) is 49.9 Å². The van der Waals surface area contributed by atoms with E-state index in [1.54, 1.807) is 24.3 Å². The number of benzene rings is 2. The SMILES string of the molecule is Cc1nc2ccccc2nc1N1CCN(C(=O)C2CCCCC2CN2C(=O)c3ccccc3C2=O)CC1. The summed E-state index contributed by atoms with van der Waals surface area (Å²) in [5, 5.41) is 0. The summed E-state index contributed by atoms with van der Waals surface area (Å²) in [4.78, 5) is 54.7. The average molecular weight is 498 g/mol. The van der Waals surface area contributed by atoms with E-state index >= 15 is 0 Å². The molecule has 6 rings (SSSR count). The number of carbonyl (C=O) groups is 3. The Morgan fingerprint density at radius 2 is 1.43 bits per heavy atom. The van der Waals surface area contributed by atoms with Crippen LogP contribution >= 0.6 is 0 Å². The van der Waals surface area contributed by atoms with Gasteiger partial charge in [-0.2, -0.15) is 0 Å². The first-order valence-electron chi connectivity index (χ1n) is 13.2. The molecule has 3 aliphatic rings. The van der Waals surface area contributed by atoms with Gasteiger partial charge in [-0.1, -0.05) is 37.1 Å².